The van der Waals surface area contributed by atoms with Crippen molar-refractivity contribution in [1.29, 1.82) is 0 Å². The van der Waals surface area contributed by atoms with Crippen LogP contribution in [0.1, 0.15) is 50.6 Å². The highest BCUT2D eigenvalue weighted by Gasteiger charge is 2.28. The molecule has 2 aromatic heterocycles. The summed E-state index contributed by atoms with van der Waals surface area (Å²) in [6, 6.07) is 11.4. The molecule has 0 unspecified atom stereocenters. The molecule has 0 saturated carbocycles. The molecular formula is C24H18ClN5O5S. The van der Waals surface area contributed by atoms with Crippen LogP contribution in [0.15, 0.2) is 52.0 Å². The molecule has 10 nitrogen and oxygen atoms in total. The molecule has 0 spiro atoms. The second-order valence-corrected chi connectivity index (χ2v) is 9.51. The van der Waals surface area contributed by atoms with E-state index in [2.05, 4.69) is 20.8 Å². The summed E-state index contributed by atoms with van der Waals surface area (Å²) < 4.78 is 6.86. The lowest BCUT2D eigenvalue weighted by molar-refractivity contribution is -0.384. The van der Waals surface area contributed by atoms with Crippen molar-refractivity contribution in [3.63, 3.8) is 0 Å². The standard InChI is InChI=1S/C24H18ClN5O5S/c1-12-20-16(28-29-22(31)13-9-10-14(25)17(11-13)30(33)34)6-4-7-18(20)35-21(12)23(32)27-24-26-15-5-2-3-8-19(15)36-24/h2-3,5,8-11H,4,6-7H2,1H3,(H,29,31)(H,26,27,32)/b28-16+. The van der Waals surface area contributed by atoms with Gasteiger partial charge in [0.25, 0.3) is 17.5 Å². The highest BCUT2D eigenvalue weighted by atomic mass is 35.5. The van der Waals surface area contributed by atoms with E-state index in [1.165, 1.54) is 23.5 Å². The number of para-hydroxylation sites is 1. The summed E-state index contributed by atoms with van der Waals surface area (Å²) in [6.45, 7) is 1.76. The van der Waals surface area contributed by atoms with Gasteiger partial charge >= 0.3 is 0 Å². The minimum Gasteiger partial charge on any atom is -0.455 e. The van der Waals surface area contributed by atoms with Gasteiger partial charge in [0.05, 0.1) is 20.9 Å². The van der Waals surface area contributed by atoms with E-state index in [1.807, 2.05) is 24.3 Å². The van der Waals surface area contributed by atoms with E-state index < -0.39 is 16.7 Å². The lowest BCUT2D eigenvalue weighted by Crippen LogP contribution is -2.22. The molecule has 1 aliphatic rings. The Morgan fingerprint density at radius 2 is 2.00 bits per heavy atom. The number of aryl methyl sites for hydroxylation is 1. The van der Waals surface area contributed by atoms with Crippen molar-refractivity contribution < 1.29 is 18.9 Å². The zero-order valence-corrected chi connectivity index (χ0v) is 20.4. The topological polar surface area (TPSA) is 140 Å². The summed E-state index contributed by atoms with van der Waals surface area (Å²) in [7, 11) is 0. The summed E-state index contributed by atoms with van der Waals surface area (Å²) in [5, 5.41) is 18.6. The van der Waals surface area contributed by atoms with E-state index in [1.54, 1.807) is 6.92 Å². The predicted octanol–water partition coefficient (Wildman–Crippen LogP) is 5.48. The van der Waals surface area contributed by atoms with Crippen molar-refractivity contribution in [2.45, 2.75) is 26.2 Å². The Bertz CT molecular complexity index is 1540. The first kappa shape index (κ1) is 23.6. The summed E-state index contributed by atoms with van der Waals surface area (Å²) in [5.41, 5.74) is 4.77. The number of hydrogen-bond acceptors (Lipinski definition) is 8. The van der Waals surface area contributed by atoms with Crippen LogP contribution in [0, 0.1) is 17.0 Å². The quantitative estimate of drug-likeness (QED) is 0.262. The van der Waals surface area contributed by atoms with Gasteiger partial charge in [-0.25, -0.2) is 10.4 Å². The molecule has 2 aromatic carbocycles. The fraction of sp³-hybridized carbons (Fsp3) is 0.167. The number of nitro benzene ring substituents is 1. The van der Waals surface area contributed by atoms with E-state index in [4.69, 9.17) is 16.0 Å². The van der Waals surface area contributed by atoms with E-state index >= 15 is 0 Å². The maximum atomic E-state index is 13.0. The van der Waals surface area contributed by atoms with Crippen molar-refractivity contribution in [1.82, 2.24) is 10.4 Å². The monoisotopic (exact) mass is 523 g/mol. The lowest BCUT2D eigenvalue weighted by Gasteiger charge is -2.13. The number of hydrazone groups is 1. The number of amides is 2. The largest absolute Gasteiger partial charge is 0.455 e. The van der Waals surface area contributed by atoms with Crippen molar-refractivity contribution in [2.24, 2.45) is 5.10 Å². The molecule has 0 bridgehead atoms. The van der Waals surface area contributed by atoms with Crippen LogP contribution >= 0.6 is 22.9 Å². The van der Waals surface area contributed by atoms with Crippen molar-refractivity contribution in [3.8, 4) is 0 Å². The molecule has 0 aliphatic heterocycles. The predicted molar refractivity (Wildman–Crippen MR) is 136 cm³/mol. The Hall–Kier alpha value is -4.09. The second-order valence-electron chi connectivity index (χ2n) is 8.07. The number of thiazole rings is 1. The Kier molecular flexibility index (Phi) is 6.25. The van der Waals surface area contributed by atoms with Gasteiger partial charge in [-0.05, 0) is 44.0 Å². The number of hydrogen-bond donors (Lipinski definition) is 2. The van der Waals surface area contributed by atoms with Crippen molar-refractivity contribution in [2.75, 3.05) is 5.32 Å². The molecule has 2 heterocycles. The van der Waals surface area contributed by atoms with Crippen molar-refractivity contribution in [3.05, 3.63) is 85.8 Å². The van der Waals surface area contributed by atoms with Crippen LogP contribution in [-0.2, 0) is 6.42 Å². The number of carbonyl (C=O) groups is 2. The number of carbonyl (C=O) groups excluding carboxylic acids is 2. The molecule has 182 valence electrons. The smallest absolute Gasteiger partial charge is 0.293 e. The van der Waals surface area contributed by atoms with E-state index in [0.717, 1.165) is 22.7 Å². The Labute approximate surface area is 213 Å². The van der Waals surface area contributed by atoms with Gasteiger partial charge in [-0.1, -0.05) is 35.1 Å². The maximum Gasteiger partial charge on any atom is 0.293 e. The van der Waals surface area contributed by atoms with E-state index in [0.29, 0.717) is 40.6 Å². The Morgan fingerprint density at radius 1 is 1.19 bits per heavy atom. The Morgan fingerprint density at radius 3 is 2.78 bits per heavy atom. The number of furan rings is 1. The number of nitrogens with one attached hydrogen (secondary N) is 2. The van der Waals surface area contributed by atoms with Gasteiger partial charge in [0.1, 0.15) is 10.8 Å². The molecule has 1 aliphatic carbocycles. The molecular weight excluding hydrogens is 506 g/mol. The van der Waals surface area contributed by atoms with E-state index in [-0.39, 0.29) is 22.0 Å². The van der Waals surface area contributed by atoms with Gasteiger partial charge in [-0.15, -0.1) is 0 Å². The third-order valence-electron chi connectivity index (χ3n) is 5.74. The fourth-order valence-electron chi connectivity index (χ4n) is 4.05. The molecule has 0 radical (unpaired) electrons. The number of nitro groups is 1. The summed E-state index contributed by atoms with van der Waals surface area (Å²) in [6.07, 6.45) is 1.91. The highest BCUT2D eigenvalue weighted by molar-refractivity contribution is 7.22. The third-order valence-corrected chi connectivity index (χ3v) is 7.02. The molecule has 0 atom stereocenters. The lowest BCUT2D eigenvalue weighted by atomic mass is 9.93. The molecule has 0 saturated heterocycles. The number of nitrogens with zero attached hydrogens (tertiary/aromatic N) is 3. The molecule has 0 fully saturated rings. The summed E-state index contributed by atoms with van der Waals surface area (Å²) >= 11 is 7.19. The molecule has 36 heavy (non-hydrogen) atoms. The molecule has 5 rings (SSSR count). The van der Waals surface area contributed by atoms with Gasteiger partial charge < -0.3 is 4.42 Å². The Balaban J connectivity index is 1.37. The molecule has 12 heteroatoms. The number of anilines is 1. The maximum absolute atomic E-state index is 13.0. The van der Waals surface area contributed by atoms with Gasteiger partial charge in [0.15, 0.2) is 10.9 Å². The molecule has 2 amide bonds. The van der Waals surface area contributed by atoms with E-state index in [9.17, 15) is 19.7 Å². The van der Waals surface area contributed by atoms with Crippen LogP contribution in [0.25, 0.3) is 10.2 Å². The highest BCUT2D eigenvalue weighted by Crippen LogP contribution is 2.32. The summed E-state index contributed by atoms with van der Waals surface area (Å²) in [5.74, 6) is -0.265. The van der Waals surface area contributed by atoms with Gasteiger partial charge in [0, 0.05) is 29.2 Å². The zero-order valence-electron chi connectivity index (χ0n) is 18.8. The fourth-order valence-corrected chi connectivity index (χ4v) is 5.10. The minimum atomic E-state index is -0.659. The normalized spacial score (nSPS) is 14.0. The molecule has 4 aromatic rings. The van der Waals surface area contributed by atoms with Crippen LogP contribution in [0.2, 0.25) is 5.02 Å². The first-order chi connectivity index (χ1) is 17.3. The SMILES string of the molecule is Cc1c(C(=O)Nc2nc3ccccc3s2)oc2c1/C(=N/NC(=O)c1ccc(Cl)c([N+](=O)[O-])c1)CCC2. The number of fused-ring (bicyclic) bond motifs is 2. The third kappa shape index (κ3) is 4.45. The number of benzene rings is 2. The average molecular weight is 524 g/mol. The first-order valence-corrected chi connectivity index (χ1v) is 12.1. The van der Waals surface area contributed by atoms with Crippen LogP contribution in [-0.4, -0.2) is 27.4 Å². The zero-order chi connectivity index (χ0) is 25.4. The van der Waals surface area contributed by atoms with Gasteiger partial charge in [-0.3, -0.25) is 25.0 Å². The number of halogens is 1. The number of aromatic nitrogens is 1. The minimum absolute atomic E-state index is 0.0475. The van der Waals surface area contributed by atoms with Crippen molar-refractivity contribution >= 4 is 61.5 Å². The number of rotatable bonds is 5. The first-order valence-electron chi connectivity index (χ1n) is 10.9. The van der Waals surface area contributed by atoms with Gasteiger partial charge in [-0.2, -0.15) is 5.10 Å². The summed E-state index contributed by atoms with van der Waals surface area (Å²) in [4.78, 5) is 40.5. The molecule has 2 N–H and O–H groups in total. The van der Waals surface area contributed by atoms with Crippen LogP contribution in [0.5, 0.6) is 0 Å². The van der Waals surface area contributed by atoms with Gasteiger partial charge in [0.2, 0.25) is 0 Å². The second kappa shape index (κ2) is 9.51. The van der Waals surface area contributed by atoms with Crippen LogP contribution in [0.3, 0.4) is 0 Å². The van der Waals surface area contributed by atoms with Crippen LogP contribution in [0.4, 0.5) is 10.8 Å². The average Bonchev–Trinajstić information content (AvgIpc) is 3.43. The van der Waals surface area contributed by atoms with Crippen LogP contribution < -0.4 is 10.7 Å².